The Morgan fingerprint density at radius 3 is 2.35 bits per heavy atom. The lowest BCUT2D eigenvalue weighted by atomic mass is 10.0. The van der Waals surface area contributed by atoms with Crippen molar-refractivity contribution in [2.24, 2.45) is 5.92 Å². The van der Waals surface area contributed by atoms with E-state index in [1.54, 1.807) is 31.4 Å². The van der Waals surface area contributed by atoms with Crippen LogP contribution in [0.5, 0.6) is 0 Å². The Kier molecular flexibility index (Phi) is 7.90. The number of aliphatic carboxylic acids is 1. The number of carbonyl (C=O) groups excluding carboxylic acids is 1. The molecule has 9 nitrogen and oxygen atoms in total. The summed E-state index contributed by atoms with van der Waals surface area (Å²) in [7, 11) is 3.57. The normalized spacial score (nSPS) is 15.4. The molecule has 1 saturated carbocycles. The summed E-state index contributed by atoms with van der Waals surface area (Å²) in [4.78, 5) is 39.0. The number of fused-ring (bicyclic) bond motifs is 1. The van der Waals surface area contributed by atoms with Crippen LogP contribution in [0.3, 0.4) is 0 Å². The smallest absolute Gasteiger partial charge is 0.475 e. The van der Waals surface area contributed by atoms with Gasteiger partial charge in [0.2, 0.25) is 5.95 Å². The molecular weight excluding hydrogens is 453 g/mol. The zero-order chi connectivity index (χ0) is 24.9. The van der Waals surface area contributed by atoms with Gasteiger partial charge in [0, 0.05) is 58.2 Å². The van der Waals surface area contributed by atoms with Crippen molar-refractivity contribution in [3.8, 4) is 0 Å². The number of pyridine rings is 1. The number of rotatable bonds is 5. The highest BCUT2D eigenvalue weighted by Crippen LogP contribution is 2.30. The number of carboxylic acids is 1. The standard InChI is InChI=1S/C20H26N6O.C2HF3O2/c1-25(2)19(27)16-12-15-6-10-26(20-21-8-3-9-22-20)11-7-17(15)24-18(16)23-13-14-4-5-14;3-2(4,5)1(6)7/h3,8-9,12,14H,4-7,10-11,13H2,1-2H3,(H,23,24);(H,6,7). The van der Waals surface area contributed by atoms with Crippen LogP contribution in [0.1, 0.15) is 34.5 Å². The molecule has 1 aliphatic carbocycles. The number of amides is 1. The van der Waals surface area contributed by atoms with Crippen LogP contribution < -0.4 is 10.2 Å². The van der Waals surface area contributed by atoms with Crippen LogP contribution in [0.2, 0.25) is 0 Å². The van der Waals surface area contributed by atoms with E-state index >= 15 is 0 Å². The second kappa shape index (κ2) is 10.7. The highest BCUT2D eigenvalue weighted by atomic mass is 19.4. The summed E-state index contributed by atoms with van der Waals surface area (Å²) in [5.41, 5.74) is 2.89. The van der Waals surface area contributed by atoms with Gasteiger partial charge in [-0.15, -0.1) is 0 Å². The van der Waals surface area contributed by atoms with Crippen LogP contribution in [0.25, 0.3) is 0 Å². The van der Waals surface area contributed by atoms with Gasteiger partial charge >= 0.3 is 12.1 Å². The molecule has 4 rings (SSSR count). The van der Waals surface area contributed by atoms with Gasteiger partial charge in [-0.05, 0) is 42.9 Å². The number of carboxylic acid groups (broad SMARTS) is 1. The van der Waals surface area contributed by atoms with Gasteiger partial charge in [0.05, 0.1) is 5.56 Å². The maximum atomic E-state index is 12.7. The zero-order valence-electron chi connectivity index (χ0n) is 19.0. The van der Waals surface area contributed by atoms with Gasteiger partial charge in [-0.2, -0.15) is 13.2 Å². The SMILES string of the molecule is CN(C)C(=O)c1cc2c(nc1NCC1CC1)CCN(c1ncccn1)CC2.O=C(O)C(F)(F)F. The van der Waals surface area contributed by atoms with E-state index in [4.69, 9.17) is 14.9 Å². The number of halogens is 3. The predicted octanol–water partition coefficient (Wildman–Crippen LogP) is 2.63. The van der Waals surface area contributed by atoms with Crippen LogP contribution in [0.15, 0.2) is 24.5 Å². The first kappa shape index (κ1) is 25.2. The first-order valence-corrected chi connectivity index (χ1v) is 10.9. The number of nitrogens with zero attached hydrogens (tertiary/aromatic N) is 5. The average Bonchev–Trinajstić information content (AvgIpc) is 3.63. The molecule has 0 bridgehead atoms. The Morgan fingerprint density at radius 1 is 1.18 bits per heavy atom. The highest BCUT2D eigenvalue weighted by Gasteiger charge is 2.38. The Bertz CT molecular complexity index is 1010. The fourth-order valence-corrected chi connectivity index (χ4v) is 3.39. The minimum atomic E-state index is -5.08. The van der Waals surface area contributed by atoms with Crippen LogP contribution in [-0.2, 0) is 17.6 Å². The predicted molar refractivity (Wildman–Crippen MR) is 119 cm³/mol. The Hall–Kier alpha value is -3.44. The molecule has 34 heavy (non-hydrogen) atoms. The van der Waals surface area contributed by atoms with Crippen molar-refractivity contribution in [3.63, 3.8) is 0 Å². The molecule has 12 heteroatoms. The summed E-state index contributed by atoms with van der Waals surface area (Å²) in [6.07, 6.45) is 2.64. The molecule has 3 heterocycles. The maximum Gasteiger partial charge on any atom is 0.490 e. The second-order valence-electron chi connectivity index (χ2n) is 8.35. The number of aromatic nitrogens is 3. The second-order valence-corrected chi connectivity index (χ2v) is 8.35. The lowest BCUT2D eigenvalue weighted by Gasteiger charge is -2.19. The third kappa shape index (κ3) is 6.78. The van der Waals surface area contributed by atoms with Gasteiger partial charge in [0.15, 0.2) is 0 Å². The van der Waals surface area contributed by atoms with E-state index in [0.717, 1.165) is 61.4 Å². The maximum absolute atomic E-state index is 12.7. The van der Waals surface area contributed by atoms with Gasteiger partial charge in [-0.1, -0.05) is 0 Å². The largest absolute Gasteiger partial charge is 0.490 e. The summed E-state index contributed by atoms with van der Waals surface area (Å²) >= 11 is 0. The summed E-state index contributed by atoms with van der Waals surface area (Å²) in [6.45, 7) is 2.54. The van der Waals surface area contributed by atoms with Crippen molar-refractivity contribution in [3.05, 3.63) is 41.3 Å². The zero-order valence-corrected chi connectivity index (χ0v) is 19.0. The van der Waals surface area contributed by atoms with E-state index in [0.29, 0.717) is 5.56 Å². The van der Waals surface area contributed by atoms with Crippen LogP contribution >= 0.6 is 0 Å². The van der Waals surface area contributed by atoms with Gasteiger partial charge < -0.3 is 20.2 Å². The van der Waals surface area contributed by atoms with Crippen molar-refractivity contribution in [2.75, 3.05) is 43.9 Å². The van der Waals surface area contributed by atoms with Crippen LogP contribution in [0.4, 0.5) is 24.9 Å². The lowest BCUT2D eigenvalue weighted by molar-refractivity contribution is -0.192. The summed E-state index contributed by atoms with van der Waals surface area (Å²) in [6, 6.07) is 3.86. The molecule has 0 radical (unpaired) electrons. The van der Waals surface area contributed by atoms with Gasteiger partial charge in [-0.25, -0.2) is 19.7 Å². The molecule has 0 aromatic carbocycles. The van der Waals surface area contributed by atoms with Gasteiger partial charge in [0.25, 0.3) is 5.91 Å². The Labute approximate surface area is 195 Å². The minimum absolute atomic E-state index is 0.00362. The van der Waals surface area contributed by atoms with Crippen LogP contribution in [0, 0.1) is 5.92 Å². The number of anilines is 2. The van der Waals surface area contributed by atoms with Gasteiger partial charge in [-0.3, -0.25) is 4.79 Å². The number of nitrogens with one attached hydrogen (secondary N) is 1. The molecule has 0 unspecified atom stereocenters. The van der Waals surface area contributed by atoms with Crippen molar-refractivity contribution < 1.29 is 27.9 Å². The molecule has 184 valence electrons. The topological polar surface area (TPSA) is 112 Å². The molecule has 1 amide bonds. The average molecular weight is 480 g/mol. The summed E-state index contributed by atoms with van der Waals surface area (Å²) in [5.74, 6) is -0.562. The van der Waals surface area contributed by atoms with E-state index < -0.39 is 12.1 Å². The minimum Gasteiger partial charge on any atom is -0.475 e. The van der Waals surface area contributed by atoms with E-state index in [1.807, 2.05) is 12.1 Å². The number of hydrogen-bond acceptors (Lipinski definition) is 7. The molecule has 1 fully saturated rings. The molecule has 2 aliphatic rings. The van der Waals surface area contributed by atoms with Crippen molar-refractivity contribution in [1.82, 2.24) is 19.9 Å². The number of alkyl halides is 3. The summed E-state index contributed by atoms with van der Waals surface area (Å²) in [5, 5.41) is 10.6. The van der Waals surface area contributed by atoms with Crippen molar-refractivity contribution in [1.29, 1.82) is 0 Å². The van der Waals surface area contributed by atoms with Gasteiger partial charge in [0.1, 0.15) is 5.82 Å². The molecule has 0 atom stereocenters. The molecule has 1 aliphatic heterocycles. The van der Waals surface area contributed by atoms with E-state index in [2.05, 4.69) is 20.2 Å². The van der Waals surface area contributed by atoms with Crippen molar-refractivity contribution >= 4 is 23.6 Å². The molecular formula is C22H27F3N6O3. The van der Waals surface area contributed by atoms with E-state index in [1.165, 1.54) is 12.8 Å². The molecule has 2 aromatic rings. The monoisotopic (exact) mass is 480 g/mol. The number of hydrogen-bond donors (Lipinski definition) is 2. The highest BCUT2D eigenvalue weighted by molar-refractivity contribution is 5.98. The molecule has 0 saturated heterocycles. The first-order chi connectivity index (χ1) is 16.1. The Morgan fingerprint density at radius 2 is 1.79 bits per heavy atom. The Balaban J connectivity index is 0.000000406. The van der Waals surface area contributed by atoms with Crippen molar-refractivity contribution in [2.45, 2.75) is 31.9 Å². The van der Waals surface area contributed by atoms with Crippen LogP contribution in [-0.4, -0.2) is 76.7 Å². The fraction of sp³-hybridized carbons (Fsp3) is 0.500. The third-order valence-electron chi connectivity index (χ3n) is 5.43. The first-order valence-electron chi connectivity index (χ1n) is 10.9. The molecule has 2 N–H and O–H groups in total. The summed E-state index contributed by atoms with van der Waals surface area (Å²) < 4.78 is 31.7. The molecule has 2 aromatic heterocycles. The molecule has 0 spiro atoms. The third-order valence-corrected chi connectivity index (χ3v) is 5.43. The quantitative estimate of drug-likeness (QED) is 0.672. The number of carbonyl (C=O) groups is 2. The van der Waals surface area contributed by atoms with E-state index in [-0.39, 0.29) is 5.91 Å². The lowest BCUT2D eigenvalue weighted by Crippen LogP contribution is -2.27. The fourth-order valence-electron chi connectivity index (χ4n) is 3.39. The van der Waals surface area contributed by atoms with E-state index in [9.17, 15) is 18.0 Å².